The van der Waals surface area contributed by atoms with E-state index in [1.807, 2.05) is 32.0 Å². The molecule has 1 aromatic rings. The van der Waals surface area contributed by atoms with E-state index in [-0.39, 0.29) is 12.0 Å². The van der Waals surface area contributed by atoms with Gasteiger partial charge in [0.25, 0.3) is 0 Å². The number of carbonyl (C=O) groups excluding carboxylic acids is 1. The van der Waals surface area contributed by atoms with Gasteiger partial charge in [0.15, 0.2) is 0 Å². The van der Waals surface area contributed by atoms with E-state index in [0.29, 0.717) is 13.0 Å². The number of hydrogen-bond donors (Lipinski definition) is 1. The zero-order chi connectivity index (χ0) is 15.0. The molecule has 1 N–H and O–H groups in total. The van der Waals surface area contributed by atoms with Gasteiger partial charge in [-0.1, -0.05) is 25.1 Å². The maximum atomic E-state index is 11.7. The van der Waals surface area contributed by atoms with E-state index in [4.69, 9.17) is 9.47 Å². The van der Waals surface area contributed by atoms with E-state index in [2.05, 4.69) is 12.2 Å². The lowest BCUT2D eigenvalue weighted by atomic mass is 10.1. The molecule has 0 fully saturated rings. The molecule has 0 aliphatic rings. The van der Waals surface area contributed by atoms with Crippen LogP contribution in [0, 0.1) is 13.8 Å². The monoisotopic (exact) mass is 279 g/mol. The van der Waals surface area contributed by atoms with E-state index < -0.39 is 0 Å². The molecule has 1 atom stereocenters. The Balaban J connectivity index is 2.53. The highest BCUT2D eigenvalue weighted by atomic mass is 16.5. The number of esters is 1. The van der Waals surface area contributed by atoms with Crippen LogP contribution in [0.1, 0.15) is 30.9 Å². The Morgan fingerprint density at radius 1 is 1.30 bits per heavy atom. The van der Waals surface area contributed by atoms with Crippen molar-refractivity contribution in [1.29, 1.82) is 0 Å². The lowest BCUT2D eigenvalue weighted by molar-refractivity contribution is -0.143. The van der Waals surface area contributed by atoms with Gasteiger partial charge in [-0.3, -0.25) is 4.79 Å². The average Bonchev–Trinajstić information content (AvgIpc) is 2.44. The van der Waals surface area contributed by atoms with Gasteiger partial charge in [-0.2, -0.15) is 0 Å². The van der Waals surface area contributed by atoms with E-state index in [1.54, 1.807) is 0 Å². The first-order chi connectivity index (χ1) is 9.60. The summed E-state index contributed by atoms with van der Waals surface area (Å²) in [4.78, 5) is 11.7. The third kappa shape index (κ3) is 4.85. The van der Waals surface area contributed by atoms with Gasteiger partial charge in [0, 0.05) is 6.42 Å². The molecule has 0 heterocycles. The van der Waals surface area contributed by atoms with Crippen molar-refractivity contribution in [3.63, 3.8) is 0 Å². The van der Waals surface area contributed by atoms with E-state index in [0.717, 1.165) is 29.8 Å². The largest absolute Gasteiger partial charge is 0.493 e. The summed E-state index contributed by atoms with van der Waals surface area (Å²) in [5.74, 6) is 0.676. The Labute approximate surface area is 121 Å². The number of hydrogen-bond acceptors (Lipinski definition) is 4. The molecule has 0 aliphatic heterocycles. The topological polar surface area (TPSA) is 47.6 Å². The molecule has 0 spiro atoms. The first-order valence-electron chi connectivity index (χ1n) is 7.10. The van der Waals surface area contributed by atoms with Crippen molar-refractivity contribution < 1.29 is 14.3 Å². The number of carbonyl (C=O) groups is 1. The highest BCUT2D eigenvalue weighted by molar-refractivity contribution is 5.75. The number of ether oxygens (including phenoxy) is 2. The number of nitrogens with one attached hydrogen (secondary N) is 1. The molecular formula is C16H25NO3. The minimum atomic E-state index is -0.302. The third-order valence-electron chi connectivity index (χ3n) is 3.19. The summed E-state index contributed by atoms with van der Waals surface area (Å²) in [6.07, 6.45) is 1.58. The second-order valence-electron chi connectivity index (χ2n) is 4.89. The van der Waals surface area contributed by atoms with Gasteiger partial charge in [0.1, 0.15) is 11.8 Å². The molecule has 0 aliphatic carbocycles. The van der Waals surface area contributed by atoms with E-state index >= 15 is 0 Å². The van der Waals surface area contributed by atoms with Gasteiger partial charge in [0.05, 0.1) is 13.7 Å². The van der Waals surface area contributed by atoms with E-state index in [9.17, 15) is 4.79 Å². The summed E-state index contributed by atoms with van der Waals surface area (Å²) in [5.41, 5.74) is 2.22. The van der Waals surface area contributed by atoms with Crippen LogP contribution in [0.2, 0.25) is 0 Å². The van der Waals surface area contributed by atoms with Crippen molar-refractivity contribution in [3.05, 3.63) is 29.3 Å². The fourth-order valence-corrected chi connectivity index (χ4v) is 2.07. The summed E-state index contributed by atoms with van der Waals surface area (Å²) in [6.45, 7) is 7.39. The number of methoxy groups -OCH3 is 1. The first-order valence-corrected chi connectivity index (χ1v) is 7.10. The van der Waals surface area contributed by atoms with Gasteiger partial charge in [-0.15, -0.1) is 0 Å². The van der Waals surface area contributed by atoms with Crippen LogP contribution in [-0.2, 0) is 9.53 Å². The summed E-state index contributed by atoms with van der Waals surface area (Å²) in [7, 11) is 1.41. The van der Waals surface area contributed by atoms with Gasteiger partial charge in [-0.05, 0) is 37.9 Å². The third-order valence-corrected chi connectivity index (χ3v) is 3.19. The Morgan fingerprint density at radius 2 is 1.95 bits per heavy atom. The highest BCUT2D eigenvalue weighted by Crippen LogP contribution is 2.22. The fourth-order valence-electron chi connectivity index (χ4n) is 2.07. The van der Waals surface area contributed by atoms with Crippen molar-refractivity contribution in [3.8, 4) is 5.75 Å². The molecule has 0 radical (unpaired) electrons. The first kappa shape index (κ1) is 16.5. The Hall–Kier alpha value is -1.55. The maximum Gasteiger partial charge on any atom is 0.322 e. The molecule has 20 heavy (non-hydrogen) atoms. The van der Waals surface area contributed by atoms with Crippen LogP contribution in [-0.4, -0.2) is 32.3 Å². The molecule has 1 unspecified atom stereocenters. The van der Waals surface area contributed by atoms with Crippen molar-refractivity contribution in [2.24, 2.45) is 0 Å². The predicted octanol–water partition coefficient (Wildman–Crippen LogP) is 2.61. The summed E-state index contributed by atoms with van der Waals surface area (Å²) < 4.78 is 10.6. The van der Waals surface area contributed by atoms with Gasteiger partial charge in [0.2, 0.25) is 0 Å². The van der Waals surface area contributed by atoms with Crippen molar-refractivity contribution in [1.82, 2.24) is 5.32 Å². The minimum Gasteiger partial charge on any atom is -0.493 e. The zero-order valence-corrected chi connectivity index (χ0v) is 12.9. The predicted molar refractivity (Wildman–Crippen MR) is 80.1 cm³/mol. The quantitative estimate of drug-likeness (QED) is 0.743. The molecule has 1 aromatic carbocycles. The van der Waals surface area contributed by atoms with Gasteiger partial charge in [-0.25, -0.2) is 0 Å². The summed E-state index contributed by atoms with van der Waals surface area (Å²) in [5, 5.41) is 3.18. The molecule has 0 saturated carbocycles. The van der Waals surface area contributed by atoms with Crippen LogP contribution in [0.3, 0.4) is 0 Å². The van der Waals surface area contributed by atoms with Crippen molar-refractivity contribution in [2.45, 2.75) is 39.7 Å². The van der Waals surface area contributed by atoms with Crippen LogP contribution in [0.15, 0.2) is 18.2 Å². The van der Waals surface area contributed by atoms with Crippen LogP contribution < -0.4 is 10.1 Å². The number of aryl methyl sites for hydroxylation is 2. The number of para-hydroxylation sites is 1. The van der Waals surface area contributed by atoms with Crippen LogP contribution in [0.5, 0.6) is 5.75 Å². The molecule has 0 amide bonds. The molecule has 0 aromatic heterocycles. The summed E-state index contributed by atoms with van der Waals surface area (Å²) >= 11 is 0. The second kappa shape index (κ2) is 8.59. The molecule has 4 heteroatoms. The fraction of sp³-hybridized carbons (Fsp3) is 0.562. The second-order valence-corrected chi connectivity index (χ2v) is 4.89. The Bertz CT molecular complexity index is 411. The average molecular weight is 279 g/mol. The van der Waals surface area contributed by atoms with Crippen molar-refractivity contribution >= 4 is 5.97 Å². The molecule has 0 saturated heterocycles. The lowest BCUT2D eigenvalue weighted by Crippen LogP contribution is -2.39. The highest BCUT2D eigenvalue weighted by Gasteiger charge is 2.18. The Kier molecular flexibility index (Phi) is 7.09. The number of rotatable bonds is 8. The van der Waals surface area contributed by atoms with Crippen LogP contribution in [0.25, 0.3) is 0 Å². The molecular weight excluding hydrogens is 254 g/mol. The zero-order valence-electron chi connectivity index (χ0n) is 12.9. The lowest BCUT2D eigenvalue weighted by Gasteiger charge is -2.17. The molecule has 4 nitrogen and oxygen atoms in total. The van der Waals surface area contributed by atoms with Gasteiger partial charge < -0.3 is 14.8 Å². The van der Waals surface area contributed by atoms with Gasteiger partial charge >= 0.3 is 5.97 Å². The molecule has 1 rings (SSSR count). The maximum absolute atomic E-state index is 11.7. The molecule has 0 bridgehead atoms. The van der Waals surface area contributed by atoms with Crippen LogP contribution >= 0.6 is 0 Å². The smallest absolute Gasteiger partial charge is 0.322 e. The minimum absolute atomic E-state index is 0.233. The normalized spacial score (nSPS) is 12.0. The molecule has 112 valence electrons. The van der Waals surface area contributed by atoms with Crippen molar-refractivity contribution in [2.75, 3.05) is 20.3 Å². The standard InChI is InChI=1S/C16H25NO3/c1-5-10-17-14(16(18)19-4)9-11-20-15-12(2)7-6-8-13(15)3/h6-8,14,17H,5,9-11H2,1-4H3. The number of benzene rings is 1. The summed E-state index contributed by atoms with van der Waals surface area (Å²) in [6, 6.07) is 5.76. The van der Waals surface area contributed by atoms with Crippen LogP contribution in [0.4, 0.5) is 0 Å². The SMILES string of the molecule is CCCNC(CCOc1c(C)cccc1C)C(=O)OC. The van der Waals surface area contributed by atoms with E-state index in [1.165, 1.54) is 7.11 Å². The Morgan fingerprint density at radius 3 is 2.50 bits per heavy atom.